The average molecular weight is 263 g/mol. The van der Waals surface area contributed by atoms with Gasteiger partial charge in [0.1, 0.15) is 12.4 Å². The van der Waals surface area contributed by atoms with Crippen molar-refractivity contribution in [2.45, 2.75) is 32.7 Å². The van der Waals surface area contributed by atoms with Crippen LogP contribution < -0.4 is 10.2 Å². The van der Waals surface area contributed by atoms with Crippen molar-refractivity contribution in [2.75, 3.05) is 30.0 Å². The van der Waals surface area contributed by atoms with E-state index in [0.717, 1.165) is 17.9 Å². The minimum atomic E-state index is -0.0114. The monoisotopic (exact) mass is 263 g/mol. The van der Waals surface area contributed by atoms with E-state index in [1.807, 2.05) is 12.1 Å². The molecule has 104 valence electrons. The predicted octanol–water partition coefficient (Wildman–Crippen LogP) is 2.05. The number of amides is 1. The second kappa shape index (κ2) is 5.57. The lowest BCUT2D eigenvalue weighted by molar-refractivity contribution is -0.125. The summed E-state index contributed by atoms with van der Waals surface area (Å²) in [6.07, 6.45) is 2.75. The van der Waals surface area contributed by atoms with Crippen molar-refractivity contribution >= 4 is 17.4 Å². The number of hydrogen-bond donors (Lipinski definition) is 1. The number of morpholine rings is 1. The Kier molecular flexibility index (Phi) is 4.04. The molecule has 0 unspecified atom stereocenters. The first-order valence-electron chi connectivity index (χ1n) is 6.64. The van der Waals surface area contributed by atoms with Crippen LogP contribution >= 0.6 is 0 Å². The first-order chi connectivity index (χ1) is 9.02. The molecule has 5 heteroatoms. The summed E-state index contributed by atoms with van der Waals surface area (Å²) in [6.45, 7) is 7.72. The Hall–Kier alpha value is -1.62. The molecule has 1 amide bonds. The van der Waals surface area contributed by atoms with Crippen molar-refractivity contribution in [1.82, 2.24) is 4.98 Å². The molecule has 0 aliphatic carbocycles. The zero-order chi connectivity index (χ0) is 13.9. The number of pyridine rings is 1. The Bertz CT molecular complexity index is 443. The van der Waals surface area contributed by atoms with Crippen molar-refractivity contribution in [3.63, 3.8) is 0 Å². The molecule has 1 saturated heterocycles. The normalized spacial score (nSPS) is 16.6. The molecule has 1 aromatic rings. The molecular formula is C14H21N3O2. The van der Waals surface area contributed by atoms with Crippen LogP contribution in [0.3, 0.4) is 0 Å². The van der Waals surface area contributed by atoms with Crippen molar-refractivity contribution in [3.8, 4) is 0 Å². The summed E-state index contributed by atoms with van der Waals surface area (Å²) in [6, 6.07) is 3.83. The molecule has 2 heterocycles. The van der Waals surface area contributed by atoms with Gasteiger partial charge in [0.25, 0.3) is 5.91 Å². The van der Waals surface area contributed by atoms with E-state index in [2.05, 4.69) is 31.1 Å². The Morgan fingerprint density at radius 2 is 2.26 bits per heavy atom. The van der Waals surface area contributed by atoms with Gasteiger partial charge >= 0.3 is 0 Å². The van der Waals surface area contributed by atoms with Crippen LogP contribution in [0.5, 0.6) is 0 Å². The lowest BCUT2D eigenvalue weighted by atomic mass is 10.0. The van der Waals surface area contributed by atoms with Gasteiger partial charge in [0.2, 0.25) is 0 Å². The van der Waals surface area contributed by atoms with E-state index in [4.69, 9.17) is 4.74 Å². The van der Waals surface area contributed by atoms with Gasteiger partial charge in [-0.25, -0.2) is 4.98 Å². The Balaban J connectivity index is 2.08. The maximum atomic E-state index is 11.7. The molecule has 1 fully saturated rings. The third-order valence-electron chi connectivity index (χ3n) is 3.40. The van der Waals surface area contributed by atoms with Crippen molar-refractivity contribution < 1.29 is 9.53 Å². The largest absolute Gasteiger partial charge is 0.370 e. The molecule has 0 spiro atoms. The van der Waals surface area contributed by atoms with E-state index < -0.39 is 0 Å². The van der Waals surface area contributed by atoms with E-state index >= 15 is 0 Å². The van der Waals surface area contributed by atoms with Crippen LogP contribution in [0, 0.1) is 0 Å². The SMILES string of the molecule is CCC(C)(C)Nc1ccc(N2CCOCC2=O)cn1. The molecule has 0 bridgehead atoms. The summed E-state index contributed by atoms with van der Waals surface area (Å²) < 4.78 is 5.11. The smallest absolute Gasteiger partial charge is 0.253 e. The highest BCUT2D eigenvalue weighted by Crippen LogP contribution is 2.20. The van der Waals surface area contributed by atoms with E-state index in [1.165, 1.54) is 0 Å². The van der Waals surface area contributed by atoms with Crippen LogP contribution in [-0.2, 0) is 9.53 Å². The van der Waals surface area contributed by atoms with E-state index in [9.17, 15) is 4.79 Å². The van der Waals surface area contributed by atoms with Crippen molar-refractivity contribution in [1.29, 1.82) is 0 Å². The minimum absolute atomic E-state index is 0.0114. The fraction of sp³-hybridized carbons (Fsp3) is 0.571. The van der Waals surface area contributed by atoms with Gasteiger partial charge in [0.05, 0.1) is 18.5 Å². The first-order valence-corrected chi connectivity index (χ1v) is 6.64. The minimum Gasteiger partial charge on any atom is -0.370 e. The van der Waals surface area contributed by atoms with Gasteiger partial charge in [-0.15, -0.1) is 0 Å². The third kappa shape index (κ3) is 3.44. The Labute approximate surface area is 114 Å². The molecular weight excluding hydrogens is 242 g/mol. The summed E-state index contributed by atoms with van der Waals surface area (Å²) in [4.78, 5) is 17.8. The highest BCUT2D eigenvalue weighted by molar-refractivity contribution is 5.94. The molecule has 19 heavy (non-hydrogen) atoms. The Morgan fingerprint density at radius 3 is 2.84 bits per heavy atom. The number of ether oxygens (including phenoxy) is 1. The third-order valence-corrected chi connectivity index (χ3v) is 3.40. The molecule has 2 rings (SSSR count). The summed E-state index contributed by atoms with van der Waals surface area (Å²) in [5, 5.41) is 3.37. The predicted molar refractivity (Wildman–Crippen MR) is 75.4 cm³/mol. The molecule has 1 aromatic heterocycles. The number of nitrogens with one attached hydrogen (secondary N) is 1. The second-order valence-electron chi connectivity index (χ2n) is 5.36. The van der Waals surface area contributed by atoms with E-state index in [0.29, 0.717) is 13.2 Å². The molecule has 0 saturated carbocycles. The summed E-state index contributed by atoms with van der Waals surface area (Å²) in [5.74, 6) is 0.818. The number of anilines is 2. The number of carbonyl (C=O) groups is 1. The maximum Gasteiger partial charge on any atom is 0.253 e. The Morgan fingerprint density at radius 1 is 1.47 bits per heavy atom. The molecule has 0 aromatic carbocycles. The fourth-order valence-electron chi connectivity index (χ4n) is 1.85. The van der Waals surface area contributed by atoms with Crippen LogP contribution in [0.15, 0.2) is 18.3 Å². The number of hydrogen-bond acceptors (Lipinski definition) is 4. The highest BCUT2D eigenvalue weighted by atomic mass is 16.5. The second-order valence-corrected chi connectivity index (χ2v) is 5.36. The first kappa shape index (κ1) is 13.8. The highest BCUT2D eigenvalue weighted by Gasteiger charge is 2.21. The van der Waals surface area contributed by atoms with Crippen molar-refractivity contribution in [3.05, 3.63) is 18.3 Å². The number of nitrogens with zero attached hydrogens (tertiary/aromatic N) is 2. The zero-order valence-corrected chi connectivity index (χ0v) is 11.8. The molecule has 0 radical (unpaired) electrons. The van der Waals surface area contributed by atoms with Gasteiger partial charge in [-0.3, -0.25) is 4.79 Å². The molecule has 5 nitrogen and oxygen atoms in total. The van der Waals surface area contributed by atoms with Gasteiger partial charge in [-0.05, 0) is 32.4 Å². The average Bonchev–Trinajstić information content (AvgIpc) is 2.40. The number of carbonyl (C=O) groups excluding carboxylic acids is 1. The van der Waals surface area contributed by atoms with E-state index in [1.54, 1.807) is 11.1 Å². The van der Waals surface area contributed by atoms with Gasteiger partial charge in [-0.1, -0.05) is 6.92 Å². The van der Waals surface area contributed by atoms with Crippen LogP contribution in [0.2, 0.25) is 0 Å². The molecule has 1 aliphatic heterocycles. The number of aromatic nitrogens is 1. The van der Waals surface area contributed by atoms with Gasteiger partial charge < -0.3 is 15.0 Å². The van der Waals surface area contributed by atoms with Gasteiger partial charge in [-0.2, -0.15) is 0 Å². The summed E-state index contributed by atoms with van der Waals surface area (Å²) >= 11 is 0. The van der Waals surface area contributed by atoms with Gasteiger partial charge in [0, 0.05) is 12.1 Å². The van der Waals surface area contributed by atoms with Crippen LogP contribution in [0.1, 0.15) is 27.2 Å². The molecule has 1 N–H and O–H groups in total. The molecule has 1 aliphatic rings. The van der Waals surface area contributed by atoms with Gasteiger partial charge in [0.15, 0.2) is 0 Å². The summed E-state index contributed by atoms with van der Waals surface area (Å²) in [7, 11) is 0. The van der Waals surface area contributed by atoms with Crippen LogP contribution in [0.25, 0.3) is 0 Å². The van der Waals surface area contributed by atoms with Crippen LogP contribution in [-0.4, -0.2) is 36.2 Å². The lowest BCUT2D eigenvalue weighted by Crippen LogP contribution is -2.41. The van der Waals surface area contributed by atoms with Crippen molar-refractivity contribution in [2.24, 2.45) is 0 Å². The zero-order valence-electron chi connectivity index (χ0n) is 11.8. The topological polar surface area (TPSA) is 54.5 Å². The number of rotatable bonds is 4. The standard InChI is InChI=1S/C14H21N3O2/c1-4-14(2,3)16-12-6-5-11(9-15-12)17-7-8-19-10-13(17)18/h5-6,9H,4,7-8,10H2,1-3H3,(H,15,16). The van der Waals surface area contributed by atoms with Crippen LogP contribution in [0.4, 0.5) is 11.5 Å². The lowest BCUT2D eigenvalue weighted by Gasteiger charge is -2.28. The summed E-state index contributed by atoms with van der Waals surface area (Å²) in [5.41, 5.74) is 0.844. The van der Waals surface area contributed by atoms with E-state index in [-0.39, 0.29) is 18.1 Å². The maximum absolute atomic E-state index is 11.7. The fourth-order valence-corrected chi connectivity index (χ4v) is 1.85. The molecule has 0 atom stereocenters. The quantitative estimate of drug-likeness (QED) is 0.903.